The molecule has 0 radical (unpaired) electrons. The van der Waals surface area contributed by atoms with Crippen LogP contribution in [0.4, 0.5) is 4.79 Å². The minimum atomic E-state index is -0.108. The highest BCUT2D eigenvalue weighted by molar-refractivity contribution is 5.80. The van der Waals surface area contributed by atoms with E-state index in [4.69, 9.17) is 0 Å². The van der Waals surface area contributed by atoms with Crippen LogP contribution >= 0.6 is 0 Å². The van der Waals surface area contributed by atoms with Crippen LogP contribution in [-0.4, -0.2) is 48.9 Å². The molecule has 1 aromatic rings. The molecule has 5 nitrogen and oxygen atoms in total. The van der Waals surface area contributed by atoms with E-state index in [-0.39, 0.29) is 17.9 Å². The zero-order valence-electron chi connectivity index (χ0n) is 13.6. The first-order valence-corrected chi connectivity index (χ1v) is 7.77. The molecule has 0 unspecified atom stereocenters. The molecule has 1 atom stereocenters. The summed E-state index contributed by atoms with van der Waals surface area (Å²) in [7, 11) is 3.48. The molecule has 1 heterocycles. The molecule has 1 saturated heterocycles. The van der Waals surface area contributed by atoms with Gasteiger partial charge in [-0.1, -0.05) is 29.8 Å². The summed E-state index contributed by atoms with van der Waals surface area (Å²) in [6.45, 7) is 3.83. The SMILES string of the molecule is Cc1ccc(CNC(=O)[C@H]2CCCN(C(=O)N(C)C)C2)cc1. The number of nitrogens with one attached hydrogen (secondary N) is 1. The van der Waals surface area contributed by atoms with Crippen molar-refractivity contribution in [2.24, 2.45) is 5.92 Å². The highest BCUT2D eigenvalue weighted by Gasteiger charge is 2.28. The first-order chi connectivity index (χ1) is 10.5. The fraction of sp³-hybridized carbons (Fsp3) is 0.529. The number of benzene rings is 1. The molecule has 0 saturated carbocycles. The molecule has 120 valence electrons. The third-order valence-corrected chi connectivity index (χ3v) is 4.03. The van der Waals surface area contributed by atoms with Gasteiger partial charge in [0.15, 0.2) is 0 Å². The first kappa shape index (κ1) is 16.3. The fourth-order valence-electron chi connectivity index (χ4n) is 2.69. The zero-order chi connectivity index (χ0) is 16.1. The van der Waals surface area contributed by atoms with Crippen LogP contribution in [-0.2, 0) is 11.3 Å². The maximum absolute atomic E-state index is 12.3. The smallest absolute Gasteiger partial charge is 0.319 e. The van der Waals surface area contributed by atoms with Gasteiger partial charge in [0.05, 0.1) is 5.92 Å². The topological polar surface area (TPSA) is 52.7 Å². The van der Waals surface area contributed by atoms with Gasteiger partial charge in [0.25, 0.3) is 0 Å². The van der Waals surface area contributed by atoms with Crippen LogP contribution < -0.4 is 5.32 Å². The summed E-state index contributed by atoms with van der Waals surface area (Å²) in [4.78, 5) is 27.6. The Morgan fingerprint density at radius 1 is 1.27 bits per heavy atom. The molecular weight excluding hydrogens is 278 g/mol. The van der Waals surface area contributed by atoms with E-state index in [1.807, 2.05) is 31.2 Å². The van der Waals surface area contributed by atoms with Crippen molar-refractivity contribution in [1.29, 1.82) is 0 Å². The lowest BCUT2D eigenvalue weighted by atomic mass is 9.97. The largest absolute Gasteiger partial charge is 0.352 e. The summed E-state index contributed by atoms with van der Waals surface area (Å²) < 4.78 is 0. The minimum Gasteiger partial charge on any atom is -0.352 e. The number of rotatable bonds is 3. The van der Waals surface area contributed by atoms with Gasteiger partial charge in [0.1, 0.15) is 0 Å². The Morgan fingerprint density at radius 2 is 1.95 bits per heavy atom. The Hall–Kier alpha value is -2.04. The van der Waals surface area contributed by atoms with Gasteiger partial charge >= 0.3 is 6.03 Å². The summed E-state index contributed by atoms with van der Waals surface area (Å²) >= 11 is 0. The maximum Gasteiger partial charge on any atom is 0.319 e. The van der Waals surface area contributed by atoms with Gasteiger partial charge in [0.2, 0.25) is 5.91 Å². The molecule has 3 amide bonds. The number of hydrogen-bond acceptors (Lipinski definition) is 2. The number of amides is 3. The molecule has 0 bridgehead atoms. The second kappa shape index (κ2) is 7.29. The number of aryl methyl sites for hydroxylation is 1. The van der Waals surface area contributed by atoms with Crippen LogP contribution in [0.5, 0.6) is 0 Å². The summed E-state index contributed by atoms with van der Waals surface area (Å²) in [6.07, 6.45) is 1.72. The quantitative estimate of drug-likeness (QED) is 0.928. The predicted molar refractivity (Wildman–Crippen MR) is 86.4 cm³/mol. The number of nitrogens with zero attached hydrogens (tertiary/aromatic N) is 2. The van der Waals surface area contributed by atoms with Gasteiger partial charge in [-0.25, -0.2) is 4.79 Å². The monoisotopic (exact) mass is 303 g/mol. The molecule has 0 aromatic heterocycles. The summed E-state index contributed by atoms with van der Waals surface area (Å²) in [5, 5.41) is 2.99. The average molecular weight is 303 g/mol. The van der Waals surface area contributed by atoms with E-state index in [2.05, 4.69) is 5.32 Å². The molecule has 1 aromatic carbocycles. The highest BCUT2D eigenvalue weighted by atomic mass is 16.2. The van der Waals surface area contributed by atoms with E-state index in [9.17, 15) is 9.59 Å². The molecule has 2 rings (SSSR count). The molecule has 1 aliphatic heterocycles. The van der Waals surface area contributed by atoms with E-state index in [1.165, 1.54) is 5.56 Å². The van der Waals surface area contributed by atoms with E-state index < -0.39 is 0 Å². The number of piperidine rings is 1. The standard InChI is InChI=1S/C17H25N3O2/c1-13-6-8-14(9-7-13)11-18-16(21)15-5-4-10-20(12-15)17(22)19(2)3/h6-9,15H,4-5,10-12H2,1-3H3,(H,18,21)/t15-/m0/s1. The molecule has 1 N–H and O–H groups in total. The maximum atomic E-state index is 12.3. The third-order valence-electron chi connectivity index (χ3n) is 4.03. The summed E-state index contributed by atoms with van der Waals surface area (Å²) in [6, 6.07) is 8.12. The fourth-order valence-corrected chi connectivity index (χ4v) is 2.69. The Kier molecular flexibility index (Phi) is 5.41. The van der Waals surface area contributed by atoms with Gasteiger partial charge in [-0.05, 0) is 25.3 Å². The van der Waals surface area contributed by atoms with Crippen LogP contribution in [0.3, 0.4) is 0 Å². The number of carbonyl (C=O) groups is 2. The van der Waals surface area contributed by atoms with Crippen molar-refractivity contribution in [1.82, 2.24) is 15.1 Å². The zero-order valence-corrected chi connectivity index (χ0v) is 13.6. The minimum absolute atomic E-state index is 0.0176. The van der Waals surface area contributed by atoms with Gasteiger partial charge < -0.3 is 15.1 Å². The van der Waals surface area contributed by atoms with Crippen molar-refractivity contribution in [3.8, 4) is 0 Å². The molecular formula is C17H25N3O2. The number of urea groups is 1. The van der Waals surface area contributed by atoms with Gasteiger partial charge in [-0.15, -0.1) is 0 Å². The third kappa shape index (κ3) is 4.23. The van der Waals surface area contributed by atoms with Crippen molar-refractivity contribution in [3.63, 3.8) is 0 Å². The van der Waals surface area contributed by atoms with Crippen LogP contribution in [0.15, 0.2) is 24.3 Å². The van der Waals surface area contributed by atoms with Crippen molar-refractivity contribution in [2.45, 2.75) is 26.3 Å². The van der Waals surface area contributed by atoms with E-state index in [0.717, 1.165) is 24.9 Å². The molecule has 5 heteroatoms. The van der Waals surface area contributed by atoms with E-state index in [0.29, 0.717) is 13.1 Å². The second-order valence-corrected chi connectivity index (χ2v) is 6.17. The van der Waals surface area contributed by atoms with Gasteiger partial charge in [0, 0.05) is 33.7 Å². The van der Waals surface area contributed by atoms with Crippen molar-refractivity contribution in [2.75, 3.05) is 27.2 Å². The Bertz CT molecular complexity index is 525. The lowest BCUT2D eigenvalue weighted by Crippen LogP contribution is -2.48. The van der Waals surface area contributed by atoms with Gasteiger partial charge in [-0.3, -0.25) is 4.79 Å². The Balaban J connectivity index is 1.86. The van der Waals surface area contributed by atoms with Crippen LogP contribution in [0.1, 0.15) is 24.0 Å². The second-order valence-electron chi connectivity index (χ2n) is 6.17. The highest BCUT2D eigenvalue weighted by Crippen LogP contribution is 2.17. The molecule has 1 aliphatic rings. The van der Waals surface area contributed by atoms with Crippen LogP contribution in [0.25, 0.3) is 0 Å². The van der Waals surface area contributed by atoms with E-state index >= 15 is 0 Å². The molecule has 0 aliphatic carbocycles. The number of likely N-dealkylation sites (tertiary alicyclic amines) is 1. The summed E-state index contributed by atoms with van der Waals surface area (Å²) in [5.41, 5.74) is 2.30. The van der Waals surface area contributed by atoms with Crippen LogP contribution in [0, 0.1) is 12.8 Å². The summed E-state index contributed by atoms with van der Waals surface area (Å²) in [5.74, 6) is -0.0695. The predicted octanol–water partition coefficient (Wildman–Crippen LogP) is 2.00. The first-order valence-electron chi connectivity index (χ1n) is 7.77. The average Bonchev–Trinajstić information content (AvgIpc) is 2.53. The lowest BCUT2D eigenvalue weighted by Gasteiger charge is -2.33. The number of hydrogen-bond donors (Lipinski definition) is 1. The molecule has 0 spiro atoms. The van der Waals surface area contributed by atoms with E-state index in [1.54, 1.807) is 23.9 Å². The van der Waals surface area contributed by atoms with Gasteiger partial charge in [-0.2, -0.15) is 0 Å². The number of carbonyl (C=O) groups excluding carboxylic acids is 2. The van der Waals surface area contributed by atoms with Crippen molar-refractivity contribution >= 4 is 11.9 Å². The Labute approximate surface area is 132 Å². The van der Waals surface area contributed by atoms with Crippen molar-refractivity contribution in [3.05, 3.63) is 35.4 Å². The molecule has 22 heavy (non-hydrogen) atoms. The molecule has 1 fully saturated rings. The van der Waals surface area contributed by atoms with Crippen LogP contribution in [0.2, 0.25) is 0 Å². The van der Waals surface area contributed by atoms with Crippen molar-refractivity contribution < 1.29 is 9.59 Å². The normalized spacial score (nSPS) is 18.0. The Morgan fingerprint density at radius 3 is 2.59 bits per heavy atom. The lowest BCUT2D eigenvalue weighted by molar-refractivity contribution is -0.126.